The zero-order valence-corrected chi connectivity index (χ0v) is 11.5. The van der Waals surface area contributed by atoms with Gasteiger partial charge >= 0.3 is 12.1 Å². The smallest absolute Gasteiger partial charge is 0.394 e. The van der Waals surface area contributed by atoms with Crippen molar-refractivity contribution in [2.75, 3.05) is 18.1 Å². The van der Waals surface area contributed by atoms with E-state index in [-0.39, 0.29) is 24.5 Å². The van der Waals surface area contributed by atoms with Crippen molar-refractivity contribution in [3.63, 3.8) is 0 Å². The van der Waals surface area contributed by atoms with Crippen LogP contribution < -0.4 is 0 Å². The van der Waals surface area contributed by atoms with E-state index in [1.807, 2.05) is 0 Å². The van der Waals surface area contributed by atoms with E-state index in [9.17, 15) is 22.8 Å². The van der Waals surface area contributed by atoms with Crippen LogP contribution in [-0.4, -0.2) is 51.6 Å². The van der Waals surface area contributed by atoms with Crippen molar-refractivity contribution in [3.8, 4) is 0 Å². The van der Waals surface area contributed by atoms with Gasteiger partial charge in [-0.3, -0.25) is 9.59 Å². The standard InChI is InChI=1S/C11H16F3NO3S/c1-10(2)7(11(12,13)14)3-4-15(10)8(16)5-19-6-9(17)18/h7H,3-6H2,1-2H3,(H,17,18). The normalized spacial score (nSPS) is 22.6. The quantitative estimate of drug-likeness (QED) is 0.862. The van der Waals surface area contributed by atoms with Gasteiger partial charge in [0, 0.05) is 12.1 Å². The summed E-state index contributed by atoms with van der Waals surface area (Å²) in [4.78, 5) is 23.4. The van der Waals surface area contributed by atoms with Crippen molar-refractivity contribution in [1.29, 1.82) is 0 Å². The Morgan fingerprint density at radius 3 is 2.37 bits per heavy atom. The zero-order chi connectivity index (χ0) is 14.8. The summed E-state index contributed by atoms with van der Waals surface area (Å²) in [5.41, 5.74) is -1.28. The van der Waals surface area contributed by atoms with Gasteiger partial charge in [0.1, 0.15) is 0 Å². The third kappa shape index (κ3) is 3.77. The van der Waals surface area contributed by atoms with Gasteiger partial charge in [0.05, 0.1) is 17.4 Å². The number of hydrogen-bond donors (Lipinski definition) is 1. The van der Waals surface area contributed by atoms with E-state index in [2.05, 4.69) is 0 Å². The summed E-state index contributed by atoms with van der Waals surface area (Å²) in [6, 6.07) is 0. The Balaban J connectivity index is 2.65. The molecular weight excluding hydrogens is 283 g/mol. The topological polar surface area (TPSA) is 57.6 Å². The Hall–Kier alpha value is -0.920. The van der Waals surface area contributed by atoms with Crippen LogP contribution in [0.1, 0.15) is 20.3 Å². The maximum atomic E-state index is 12.8. The van der Waals surface area contributed by atoms with E-state index < -0.39 is 29.5 Å². The lowest BCUT2D eigenvalue weighted by molar-refractivity contribution is -0.192. The van der Waals surface area contributed by atoms with Crippen molar-refractivity contribution in [3.05, 3.63) is 0 Å². The molecule has 8 heteroatoms. The summed E-state index contributed by atoms with van der Waals surface area (Å²) in [6.45, 7) is 2.86. The summed E-state index contributed by atoms with van der Waals surface area (Å²) < 4.78 is 38.5. The van der Waals surface area contributed by atoms with E-state index in [0.717, 1.165) is 11.8 Å². The number of carboxylic acid groups (broad SMARTS) is 1. The van der Waals surface area contributed by atoms with Crippen LogP contribution in [0.3, 0.4) is 0 Å². The van der Waals surface area contributed by atoms with Crippen LogP contribution in [0.5, 0.6) is 0 Å². The lowest BCUT2D eigenvalue weighted by Crippen LogP contribution is -2.50. The van der Waals surface area contributed by atoms with Crippen molar-refractivity contribution in [1.82, 2.24) is 4.90 Å². The Morgan fingerprint density at radius 1 is 1.37 bits per heavy atom. The average molecular weight is 299 g/mol. The minimum absolute atomic E-state index is 0.0592. The molecule has 1 fully saturated rings. The maximum absolute atomic E-state index is 12.8. The molecule has 0 aliphatic carbocycles. The molecule has 0 bridgehead atoms. The van der Waals surface area contributed by atoms with Crippen LogP contribution in [0.4, 0.5) is 13.2 Å². The average Bonchev–Trinajstić information content (AvgIpc) is 2.52. The molecule has 110 valence electrons. The van der Waals surface area contributed by atoms with Gasteiger partial charge < -0.3 is 10.0 Å². The predicted molar refractivity (Wildman–Crippen MR) is 64.9 cm³/mol. The van der Waals surface area contributed by atoms with Gasteiger partial charge in [0.25, 0.3) is 0 Å². The van der Waals surface area contributed by atoms with Gasteiger partial charge in [-0.1, -0.05) is 0 Å². The van der Waals surface area contributed by atoms with Crippen LogP contribution in [0.15, 0.2) is 0 Å². The van der Waals surface area contributed by atoms with Gasteiger partial charge in [-0.2, -0.15) is 13.2 Å². The van der Waals surface area contributed by atoms with Crippen molar-refractivity contribution in [2.24, 2.45) is 5.92 Å². The van der Waals surface area contributed by atoms with Gasteiger partial charge in [0.2, 0.25) is 5.91 Å². The molecule has 0 radical (unpaired) electrons. The van der Waals surface area contributed by atoms with Crippen LogP contribution in [0.2, 0.25) is 0 Å². The first-order valence-electron chi connectivity index (χ1n) is 5.73. The molecule has 1 aliphatic rings. The number of aliphatic carboxylic acids is 1. The van der Waals surface area contributed by atoms with Crippen LogP contribution in [-0.2, 0) is 9.59 Å². The molecule has 1 aliphatic heterocycles. The third-order valence-electron chi connectivity index (χ3n) is 3.34. The Kier molecular flexibility index (Phi) is 4.76. The largest absolute Gasteiger partial charge is 0.481 e. The van der Waals surface area contributed by atoms with E-state index in [1.165, 1.54) is 18.7 Å². The van der Waals surface area contributed by atoms with Gasteiger partial charge in [0.15, 0.2) is 0 Å². The van der Waals surface area contributed by atoms with Crippen molar-refractivity contribution >= 4 is 23.6 Å². The summed E-state index contributed by atoms with van der Waals surface area (Å²) in [6.07, 6.45) is -4.43. The number of nitrogens with zero attached hydrogens (tertiary/aromatic N) is 1. The fraction of sp³-hybridized carbons (Fsp3) is 0.818. The number of thioether (sulfide) groups is 1. The van der Waals surface area contributed by atoms with E-state index >= 15 is 0 Å². The lowest BCUT2D eigenvalue weighted by atomic mass is 9.88. The van der Waals surface area contributed by atoms with E-state index in [0.29, 0.717) is 0 Å². The molecule has 1 atom stereocenters. The monoisotopic (exact) mass is 299 g/mol. The van der Waals surface area contributed by atoms with Gasteiger partial charge in [-0.05, 0) is 20.3 Å². The minimum Gasteiger partial charge on any atom is -0.481 e. The Bertz CT molecular complexity index is 371. The maximum Gasteiger partial charge on any atom is 0.394 e. The van der Waals surface area contributed by atoms with Gasteiger partial charge in [-0.25, -0.2) is 0 Å². The van der Waals surface area contributed by atoms with Crippen molar-refractivity contribution < 1.29 is 27.9 Å². The number of amides is 1. The highest BCUT2D eigenvalue weighted by molar-refractivity contribution is 8.00. The molecule has 4 nitrogen and oxygen atoms in total. The fourth-order valence-corrected chi connectivity index (χ4v) is 3.01. The molecule has 0 aromatic carbocycles. The van der Waals surface area contributed by atoms with E-state index in [1.54, 1.807) is 0 Å². The number of alkyl halides is 3. The highest BCUT2D eigenvalue weighted by Gasteiger charge is 2.55. The Labute approximate surface area is 113 Å². The molecule has 1 N–H and O–H groups in total. The summed E-state index contributed by atoms with van der Waals surface area (Å²) >= 11 is 0.894. The van der Waals surface area contributed by atoms with Crippen LogP contribution >= 0.6 is 11.8 Å². The molecule has 1 amide bonds. The molecule has 19 heavy (non-hydrogen) atoms. The second-order valence-corrected chi connectivity index (χ2v) is 5.95. The van der Waals surface area contributed by atoms with E-state index in [4.69, 9.17) is 5.11 Å². The zero-order valence-electron chi connectivity index (χ0n) is 10.7. The molecule has 1 rings (SSSR count). The second-order valence-electron chi connectivity index (χ2n) is 4.97. The third-order valence-corrected chi connectivity index (χ3v) is 4.24. The first-order valence-corrected chi connectivity index (χ1v) is 6.89. The summed E-state index contributed by atoms with van der Waals surface area (Å²) in [7, 11) is 0. The van der Waals surface area contributed by atoms with Gasteiger partial charge in [-0.15, -0.1) is 11.8 Å². The number of carbonyl (C=O) groups is 2. The molecule has 0 aromatic rings. The molecule has 1 heterocycles. The lowest BCUT2D eigenvalue weighted by Gasteiger charge is -2.36. The highest BCUT2D eigenvalue weighted by atomic mass is 32.2. The highest BCUT2D eigenvalue weighted by Crippen LogP contribution is 2.44. The van der Waals surface area contributed by atoms with Crippen LogP contribution in [0.25, 0.3) is 0 Å². The number of likely N-dealkylation sites (tertiary alicyclic amines) is 1. The molecule has 0 aromatic heterocycles. The molecule has 1 unspecified atom stereocenters. The number of carboxylic acids is 1. The Morgan fingerprint density at radius 2 is 1.95 bits per heavy atom. The number of rotatable bonds is 4. The minimum atomic E-state index is -4.33. The fourth-order valence-electron chi connectivity index (χ4n) is 2.40. The molecular formula is C11H16F3NO3S. The number of carbonyl (C=O) groups excluding carboxylic acids is 1. The molecule has 0 spiro atoms. The molecule has 1 saturated heterocycles. The first kappa shape index (κ1) is 16.1. The molecule has 0 saturated carbocycles. The number of halogens is 3. The summed E-state index contributed by atoms with van der Waals surface area (Å²) in [5.74, 6) is -3.37. The number of hydrogen-bond acceptors (Lipinski definition) is 3. The first-order chi connectivity index (χ1) is 8.56. The SMILES string of the molecule is CC1(C)C(C(F)(F)F)CCN1C(=O)CSCC(=O)O. The predicted octanol–water partition coefficient (Wildman–Crippen LogP) is 1.99. The second kappa shape index (κ2) is 5.60. The van der Waals surface area contributed by atoms with Crippen LogP contribution in [0, 0.1) is 5.92 Å². The summed E-state index contributed by atoms with van der Waals surface area (Å²) in [5, 5.41) is 8.45. The van der Waals surface area contributed by atoms with Crippen molar-refractivity contribution in [2.45, 2.75) is 32.0 Å².